The zero-order chi connectivity index (χ0) is 21.5. The molecule has 30 heavy (non-hydrogen) atoms. The number of pyridine rings is 1. The quantitative estimate of drug-likeness (QED) is 0.798. The first-order valence-electron chi connectivity index (χ1n) is 10.5. The summed E-state index contributed by atoms with van der Waals surface area (Å²) >= 11 is 6.45. The van der Waals surface area contributed by atoms with Crippen LogP contribution in [0.1, 0.15) is 52.1 Å². The van der Waals surface area contributed by atoms with Crippen LogP contribution in [0, 0.1) is 5.41 Å². The predicted octanol–water partition coefficient (Wildman–Crippen LogP) is 3.91. The molecule has 1 atom stereocenters. The number of amides is 2. The van der Waals surface area contributed by atoms with Gasteiger partial charge in [-0.25, -0.2) is 4.98 Å². The molecule has 1 saturated heterocycles. The largest absolute Gasteiger partial charge is 0.339 e. The SMILES string of the molecule is CC(=O)N1CCCC[C@@H]1CC(=O)Nc1cc(-c2cnn3c2CC(C)(C)C3)c(Cl)cn1. The van der Waals surface area contributed by atoms with Crippen molar-refractivity contribution in [3.63, 3.8) is 0 Å². The molecule has 2 aromatic heterocycles. The molecule has 4 heterocycles. The Kier molecular flexibility index (Phi) is 5.57. The molecule has 4 rings (SSSR count). The lowest BCUT2D eigenvalue weighted by molar-refractivity contribution is -0.133. The number of carbonyl (C=O) groups is 2. The van der Waals surface area contributed by atoms with Crippen LogP contribution < -0.4 is 5.32 Å². The van der Waals surface area contributed by atoms with E-state index < -0.39 is 0 Å². The predicted molar refractivity (Wildman–Crippen MR) is 116 cm³/mol. The third-order valence-corrected chi connectivity index (χ3v) is 6.34. The summed E-state index contributed by atoms with van der Waals surface area (Å²) in [7, 11) is 0. The lowest BCUT2D eigenvalue weighted by Gasteiger charge is -2.34. The fraction of sp³-hybridized carbons (Fsp3) is 0.545. The van der Waals surface area contributed by atoms with Crippen LogP contribution in [0.15, 0.2) is 18.5 Å². The molecular formula is C22H28ClN5O2. The molecule has 0 saturated carbocycles. The number of aromatic nitrogens is 3. The normalized spacial score (nSPS) is 20.1. The molecule has 0 aliphatic carbocycles. The topological polar surface area (TPSA) is 80.1 Å². The molecule has 8 heteroatoms. The van der Waals surface area contributed by atoms with Crippen LogP contribution in [0.5, 0.6) is 0 Å². The van der Waals surface area contributed by atoms with Gasteiger partial charge in [-0.1, -0.05) is 25.4 Å². The summed E-state index contributed by atoms with van der Waals surface area (Å²) in [5.41, 5.74) is 3.13. The second-order valence-corrected chi connectivity index (χ2v) is 9.57. The van der Waals surface area contributed by atoms with Gasteiger partial charge in [-0.2, -0.15) is 5.10 Å². The average molecular weight is 430 g/mol. The monoisotopic (exact) mass is 429 g/mol. The Bertz CT molecular complexity index is 984. The number of rotatable bonds is 4. The fourth-order valence-electron chi connectivity index (χ4n) is 4.62. The van der Waals surface area contributed by atoms with Crippen LogP contribution in [0.2, 0.25) is 5.02 Å². The van der Waals surface area contributed by atoms with Gasteiger partial charge in [0.05, 0.1) is 11.2 Å². The minimum atomic E-state index is -0.143. The maximum absolute atomic E-state index is 12.7. The van der Waals surface area contributed by atoms with Crippen molar-refractivity contribution in [3.05, 3.63) is 29.2 Å². The fourth-order valence-corrected chi connectivity index (χ4v) is 4.83. The Balaban J connectivity index is 1.51. The Hall–Kier alpha value is -2.41. The minimum Gasteiger partial charge on any atom is -0.339 e. The van der Waals surface area contributed by atoms with E-state index in [1.54, 1.807) is 13.1 Å². The van der Waals surface area contributed by atoms with Crippen molar-refractivity contribution < 1.29 is 9.59 Å². The molecule has 2 aromatic rings. The molecule has 0 aromatic carbocycles. The lowest BCUT2D eigenvalue weighted by Crippen LogP contribution is -2.44. The van der Waals surface area contributed by atoms with E-state index in [9.17, 15) is 9.59 Å². The number of piperidine rings is 1. The van der Waals surface area contributed by atoms with Gasteiger partial charge in [-0.05, 0) is 37.2 Å². The number of anilines is 1. The van der Waals surface area contributed by atoms with E-state index in [0.717, 1.165) is 55.6 Å². The van der Waals surface area contributed by atoms with Crippen molar-refractivity contribution in [2.45, 2.75) is 65.5 Å². The number of hydrogen-bond acceptors (Lipinski definition) is 4. The van der Waals surface area contributed by atoms with E-state index in [2.05, 4.69) is 29.2 Å². The average Bonchev–Trinajstić information content (AvgIpc) is 3.18. The number of hydrogen-bond donors (Lipinski definition) is 1. The van der Waals surface area contributed by atoms with Crippen LogP contribution in [0.4, 0.5) is 5.82 Å². The van der Waals surface area contributed by atoms with Crippen molar-refractivity contribution in [2.24, 2.45) is 5.41 Å². The number of nitrogens with one attached hydrogen (secondary N) is 1. The highest BCUT2D eigenvalue weighted by Crippen LogP contribution is 2.39. The minimum absolute atomic E-state index is 0.0254. The van der Waals surface area contributed by atoms with E-state index in [0.29, 0.717) is 10.8 Å². The lowest BCUT2D eigenvalue weighted by atomic mass is 9.89. The van der Waals surface area contributed by atoms with Crippen LogP contribution in [-0.2, 0) is 22.6 Å². The van der Waals surface area contributed by atoms with E-state index in [4.69, 9.17) is 11.6 Å². The first kappa shape index (κ1) is 20.8. The molecule has 7 nitrogen and oxygen atoms in total. The highest BCUT2D eigenvalue weighted by atomic mass is 35.5. The van der Waals surface area contributed by atoms with Crippen molar-refractivity contribution in [1.29, 1.82) is 0 Å². The molecule has 1 fully saturated rings. The summed E-state index contributed by atoms with van der Waals surface area (Å²) in [6.45, 7) is 7.61. The van der Waals surface area contributed by atoms with E-state index in [-0.39, 0.29) is 29.7 Å². The third kappa shape index (κ3) is 4.21. The Morgan fingerprint density at radius 2 is 2.07 bits per heavy atom. The molecule has 0 bridgehead atoms. The first-order valence-corrected chi connectivity index (χ1v) is 10.9. The van der Waals surface area contributed by atoms with Gasteiger partial charge < -0.3 is 10.2 Å². The van der Waals surface area contributed by atoms with Gasteiger partial charge in [0.25, 0.3) is 0 Å². The smallest absolute Gasteiger partial charge is 0.227 e. The second-order valence-electron chi connectivity index (χ2n) is 9.17. The summed E-state index contributed by atoms with van der Waals surface area (Å²) in [6, 6.07) is 1.76. The van der Waals surface area contributed by atoms with Gasteiger partial charge in [-0.15, -0.1) is 0 Å². The van der Waals surface area contributed by atoms with E-state index in [1.807, 2.05) is 21.8 Å². The third-order valence-electron chi connectivity index (χ3n) is 6.04. The molecule has 2 aliphatic heterocycles. The Morgan fingerprint density at radius 3 is 2.83 bits per heavy atom. The standard InChI is InChI=1S/C22H28ClN5O2/c1-14(29)27-7-5-4-6-15(27)8-21(30)26-20-9-16(18(23)12-24-20)17-11-25-28-13-22(2,3)10-19(17)28/h9,11-12,15H,4-8,10,13H2,1-3H3,(H,24,26,30)/t15-/m1/s1. The van der Waals surface area contributed by atoms with Gasteiger partial charge in [0, 0.05) is 55.5 Å². The summed E-state index contributed by atoms with van der Waals surface area (Å²) in [5.74, 6) is 0.342. The number of likely N-dealkylation sites (tertiary alicyclic amines) is 1. The van der Waals surface area contributed by atoms with Crippen LogP contribution in [-0.4, -0.2) is 44.1 Å². The van der Waals surface area contributed by atoms with Gasteiger partial charge in [0.2, 0.25) is 11.8 Å². The molecule has 160 valence electrons. The maximum Gasteiger partial charge on any atom is 0.227 e. The number of fused-ring (bicyclic) bond motifs is 1. The zero-order valence-corrected chi connectivity index (χ0v) is 18.5. The molecule has 2 aliphatic rings. The summed E-state index contributed by atoms with van der Waals surface area (Å²) in [4.78, 5) is 30.6. The highest BCUT2D eigenvalue weighted by Gasteiger charge is 2.32. The highest BCUT2D eigenvalue weighted by molar-refractivity contribution is 6.33. The summed E-state index contributed by atoms with van der Waals surface area (Å²) < 4.78 is 2.03. The van der Waals surface area contributed by atoms with Gasteiger partial charge in [0.15, 0.2) is 0 Å². The van der Waals surface area contributed by atoms with Crippen molar-refractivity contribution in [1.82, 2.24) is 19.7 Å². The van der Waals surface area contributed by atoms with Crippen molar-refractivity contribution in [2.75, 3.05) is 11.9 Å². The zero-order valence-electron chi connectivity index (χ0n) is 17.7. The Labute approximate surface area is 181 Å². The molecule has 2 amide bonds. The van der Waals surface area contributed by atoms with Crippen molar-refractivity contribution >= 4 is 29.2 Å². The van der Waals surface area contributed by atoms with Crippen LogP contribution >= 0.6 is 11.6 Å². The van der Waals surface area contributed by atoms with Crippen molar-refractivity contribution in [3.8, 4) is 11.1 Å². The molecule has 1 N–H and O–H groups in total. The summed E-state index contributed by atoms with van der Waals surface area (Å²) in [5, 5.41) is 7.93. The van der Waals surface area contributed by atoms with E-state index in [1.165, 1.54) is 0 Å². The number of nitrogens with zero attached hydrogens (tertiary/aromatic N) is 4. The number of halogens is 1. The molecule has 0 unspecified atom stereocenters. The molecular weight excluding hydrogens is 402 g/mol. The first-order chi connectivity index (χ1) is 14.2. The van der Waals surface area contributed by atoms with Gasteiger partial charge in [0.1, 0.15) is 5.82 Å². The van der Waals surface area contributed by atoms with E-state index >= 15 is 0 Å². The van der Waals surface area contributed by atoms with Crippen LogP contribution in [0.3, 0.4) is 0 Å². The molecule has 0 radical (unpaired) electrons. The van der Waals surface area contributed by atoms with Gasteiger partial charge in [-0.3, -0.25) is 14.3 Å². The molecule has 0 spiro atoms. The van der Waals surface area contributed by atoms with Crippen LogP contribution in [0.25, 0.3) is 11.1 Å². The summed E-state index contributed by atoms with van der Waals surface area (Å²) in [6.07, 6.45) is 7.48. The Morgan fingerprint density at radius 1 is 1.27 bits per heavy atom. The number of carbonyl (C=O) groups excluding carboxylic acids is 2. The van der Waals surface area contributed by atoms with Gasteiger partial charge >= 0.3 is 0 Å². The second kappa shape index (κ2) is 8.02. The maximum atomic E-state index is 12.7.